The van der Waals surface area contributed by atoms with E-state index in [2.05, 4.69) is 0 Å². The van der Waals surface area contributed by atoms with Crippen LogP contribution < -0.4 is 0 Å². The quantitative estimate of drug-likeness (QED) is 0.176. The molecule has 16 heteroatoms. The van der Waals surface area contributed by atoms with Crippen LogP contribution in [0.15, 0.2) is 124 Å². The number of phenols is 3. The fraction of sp³-hybridized carbons (Fsp3) is 0. The number of fused-ring (bicyclic) bond motifs is 3. The molecule has 0 aliphatic carbocycles. The van der Waals surface area contributed by atoms with Crippen molar-refractivity contribution in [1.82, 2.24) is 0 Å². The minimum Gasteiger partial charge on any atom is -0.744 e. The predicted molar refractivity (Wildman–Crippen MR) is 166 cm³/mol. The van der Waals surface area contributed by atoms with Gasteiger partial charge in [0.25, 0.3) is 0 Å². The molecule has 0 unspecified atom stereocenters. The van der Waals surface area contributed by atoms with Gasteiger partial charge in [0, 0.05) is 16.2 Å². The van der Waals surface area contributed by atoms with E-state index in [0.717, 1.165) is 18.2 Å². The van der Waals surface area contributed by atoms with Crippen molar-refractivity contribution in [3.05, 3.63) is 109 Å². The molecule has 0 bridgehead atoms. The first-order valence-corrected chi connectivity index (χ1v) is 16.7. The van der Waals surface area contributed by atoms with E-state index in [-0.39, 0.29) is 17.4 Å². The number of hydrogen-bond acceptors (Lipinski definition) is 12. The van der Waals surface area contributed by atoms with Crippen LogP contribution in [0.2, 0.25) is 0 Å². The Balaban J connectivity index is 0.000000186. The molecule has 6 aromatic rings. The summed E-state index contributed by atoms with van der Waals surface area (Å²) in [6.07, 6.45) is 0. The molecule has 0 saturated carbocycles. The van der Waals surface area contributed by atoms with Gasteiger partial charge in [-0.2, -0.15) is 0 Å². The minimum atomic E-state index is -4.62. The van der Waals surface area contributed by atoms with E-state index in [4.69, 9.17) is 0 Å². The van der Waals surface area contributed by atoms with Crippen molar-refractivity contribution in [3.63, 3.8) is 0 Å². The molecule has 0 amide bonds. The molecule has 46 heavy (non-hydrogen) atoms. The summed E-state index contributed by atoms with van der Waals surface area (Å²) < 4.78 is 97.0. The van der Waals surface area contributed by atoms with Crippen molar-refractivity contribution in [2.45, 2.75) is 14.7 Å². The second-order valence-corrected chi connectivity index (χ2v) is 13.3. The van der Waals surface area contributed by atoms with Gasteiger partial charge >= 0.3 is 17.4 Å². The summed E-state index contributed by atoms with van der Waals surface area (Å²) in [6.45, 7) is 0. The molecule has 0 aromatic heterocycles. The van der Waals surface area contributed by atoms with E-state index >= 15 is 0 Å². The molecule has 6 rings (SSSR count). The largest absolute Gasteiger partial charge is 3.00 e. The molecule has 234 valence electrons. The Morgan fingerprint density at radius 2 is 0.587 bits per heavy atom. The van der Waals surface area contributed by atoms with E-state index in [1.165, 1.54) is 18.2 Å². The zero-order chi connectivity index (χ0) is 33.2. The molecule has 0 aliphatic heterocycles. The summed E-state index contributed by atoms with van der Waals surface area (Å²) in [4.78, 5) is -1.75. The summed E-state index contributed by atoms with van der Waals surface area (Å²) in [7, 11) is -13.9. The molecule has 0 radical (unpaired) electrons. The van der Waals surface area contributed by atoms with Crippen molar-refractivity contribution in [2.24, 2.45) is 0 Å². The van der Waals surface area contributed by atoms with E-state index < -0.39 is 62.3 Å². The average Bonchev–Trinajstić information content (AvgIpc) is 2.97. The zero-order valence-electron chi connectivity index (χ0n) is 23.2. The monoisotopic (exact) mass is 696 g/mol. The average molecular weight is 697 g/mol. The van der Waals surface area contributed by atoms with Crippen LogP contribution >= 0.6 is 0 Å². The van der Waals surface area contributed by atoms with Crippen LogP contribution in [-0.2, 0) is 30.4 Å². The third kappa shape index (κ3) is 8.12. The fourth-order valence-corrected chi connectivity index (χ4v) is 6.05. The van der Waals surface area contributed by atoms with E-state index in [1.54, 1.807) is 72.8 Å². The Bertz CT molecular complexity index is 2130. The molecule has 0 fully saturated rings. The predicted octanol–water partition coefficient (Wildman–Crippen LogP) is 3.97. The summed E-state index contributed by atoms with van der Waals surface area (Å²) in [5.41, 5.74) is 0. The van der Waals surface area contributed by atoms with Gasteiger partial charge in [-0.05, 0) is 34.4 Å². The van der Waals surface area contributed by atoms with Crippen LogP contribution in [0.1, 0.15) is 0 Å². The van der Waals surface area contributed by atoms with Gasteiger partial charge in [0.15, 0.2) is 0 Å². The standard InChI is InChI=1S/3C10H8O4S.Al/c3*11-10-8-4-2-1-3-7(8)5-6-9(10)15(12,13)14;/h3*1-6,11H,(H,12,13,14);/q;;;+3/p-3. The van der Waals surface area contributed by atoms with Crippen LogP contribution in [0.5, 0.6) is 17.2 Å². The van der Waals surface area contributed by atoms with E-state index in [1.807, 2.05) is 0 Å². The summed E-state index contributed by atoms with van der Waals surface area (Å²) in [6, 6.07) is 27.9. The van der Waals surface area contributed by atoms with Crippen LogP contribution in [-0.4, -0.2) is 71.6 Å². The van der Waals surface area contributed by atoms with Crippen molar-refractivity contribution < 1.29 is 54.2 Å². The Labute approximate surface area is 274 Å². The Morgan fingerprint density at radius 1 is 0.370 bits per heavy atom. The number of benzene rings is 6. The molecule has 0 atom stereocenters. The SMILES string of the molecule is O=S(=O)([O-])c1ccc2ccccc2c1O.O=S(=O)([O-])c1ccc2ccccc2c1O.O=S(=O)([O-])c1ccc2ccccc2c1O.[Al+3]. The number of hydrogen-bond donors (Lipinski definition) is 3. The number of phenolic OH excluding ortho intramolecular Hbond substituents is 3. The Morgan fingerprint density at radius 3 is 0.804 bits per heavy atom. The van der Waals surface area contributed by atoms with Gasteiger partial charge in [-0.15, -0.1) is 0 Å². The maximum atomic E-state index is 10.8. The molecule has 0 saturated heterocycles. The summed E-state index contributed by atoms with van der Waals surface area (Å²) in [5.74, 6) is -1.45. The molecular weight excluding hydrogens is 676 g/mol. The van der Waals surface area contributed by atoms with Crippen molar-refractivity contribution in [3.8, 4) is 17.2 Å². The van der Waals surface area contributed by atoms with Crippen molar-refractivity contribution in [1.29, 1.82) is 0 Å². The van der Waals surface area contributed by atoms with Crippen LogP contribution in [0.3, 0.4) is 0 Å². The topological polar surface area (TPSA) is 232 Å². The summed E-state index contributed by atoms with van der Waals surface area (Å²) in [5, 5.41) is 31.9. The summed E-state index contributed by atoms with van der Waals surface area (Å²) >= 11 is 0. The fourth-order valence-electron chi connectivity index (χ4n) is 4.31. The van der Waals surface area contributed by atoms with Gasteiger partial charge in [0.05, 0.1) is 14.7 Å². The van der Waals surface area contributed by atoms with Gasteiger partial charge in [-0.3, -0.25) is 0 Å². The van der Waals surface area contributed by atoms with Crippen molar-refractivity contribution >= 4 is 80.0 Å². The normalized spacial score (nSPS) is 11.5. The van der Waals surface area contributed by atoms with Crippen molar-refractivity contribution in [2.75, 3.05) is 0 Å². The maximum absolute atomic E-state index is 10.8. The van der Waals surface area contributed by atoms with Gasteiger partial charge in [0.1, 0.15) is 47.6 Å². The van der Waals surface area contributed by atoms with E-state index in [0.29, 0.717) is 32.3 Å². The molecule has 0 heterocycles. The molecule has 0 spiro atoms. The molecule has 3 N–H and O–H groups in total. The van der Waals surface area contributed by atoms with Crippen LogP contribution in [0, 0.1) is 0 Å². The maximum Gasteiger partial charge on any atom is 3.00 e. The third-order valence-corrected chi connectivity index (χ3v) is 9.00. The molecular formula is C30H21AlO12S3. The van der Waals surface area contributed by atoms with Gasteiger partial charge < -0.3 is 29.0 Å². The molecule has 12 nitrogen and oxygen atoms in total. The smallest absolute Gasteiger partial charge is 0.744 e. The first-order chi connectivity index (χ1) is 21.0. The van der Waals surface area contributed by atoms with Gasteiger partial charge in [-0.25, -0.2) is 25.3 Å². The number of aromatic hydroxyl groups is 3. The minimum absolute atomic E-state index is 0. The Kier molecular flexibility index (Phi) is 11.1. The molecule has 0 aliphatic rings. The second kappa shape index (κ2) is 14.0. The third-order valence-electron chi connectivity index (χ3n) is 6.40. The van der Waals surface area contributed by atoms with Crippen LogP contribution in [0.25, 0.3) is 32.3 Å². The van der Waals surface area contributed by atoms with E-state index in [9.17, 15) is 54.2 Å². The van der Waals surface area contributed by atoms with Gasteiger partial charge in [-0.1, -0.05) is 91.0 Å². The Hall–Kier alpha value is -4.24. The van der Waals surface area contributed by atoms with Crippen LogP contribution in [0.4, 0.5) is 0 Å². The number of rotatable bonds is 3. The van der Waals surface area contributed by atoms with Gasteiger partial charge in [0.2, 0.25) is 0 Å². The molecule has 6 aromatic carbocycles. The first kappa shape index (κ1) is 36.2. The second-order valence-electron chi connectivity index (χ2n) is 9.26. The first-order valence-electron chi connectivity index (χ1n) is 12.5. The zero-order valence-corrected chi connectivity index (χ0v) is 26.8.